The zero-order valence-electron chi connectivity index (χ0n) is 11.0. The lowest BCUT2D eigenvalue weighted by Gasteiger charge is -2.07. The summed E-state index contributed by atoms with van der Waals surface area (Å²) in [5.41, 5.74) is 1.90. The second kappa shape index (κ2) is 6.96. The van der Waals surface area contributed by atoms with Crippen LogP contribution in [0.15, 0.2) is 48.5 Å². The standard InChI is InChI=1S/C16H16ClNO2/c17-15-4-2-1-3-13(15)11-16(20)18-10-9-12-5-7-14(19)8-6-12/h1-8,19H,9-11H2,(H,18,20). The first-order valence-corrected chi connectivity index (χ1v) is 6.81. The van der Waals surface area contributed by atoms with Crippen molar-refractivity contribution in [3.05, 3.63) is 64.7 Å². The highest BCUT2D eigenvalue weighted by atomic mass is 35.5. The van der Waals surface area contributed by atoms with Gasteiger partial charge in [0.05, 0.1) is 6.42 Å². The number of amides is 1. The molecule has 0 aliphatic heterocycles. The van der Waals surface area contributed by atoms with Crippen molar-refractivity contribution in [3.63, 3.8) is 0 Å². The third-order valence-corrected chi connectivity index (χ3v) is 3.35. The molecule has 0 spiro atoms. The Morgan fingerprint density at radius 3 is 2.50 bits per heavy atom. The van der Waals surface area contributed by atoms with Crippen LogP contribution in [-0.2, 0) is 17.6 Å². The Hall–Kier alpha value is -2.00. The van der Waals surface area contributed by atoms with E-state index in [4.69, 9.17) is 11.6 Å². The molecule has 4 heteroatoms. The zero-order chi connectivity index (χ0) is 14.4. The van der Waals surface area contributed by atoms with Crippen molar-refractivity contribution >= 4 is 17.5 Å². The smallest absolute Gasteiger partial charge is 0.224 e. The summed E-state index contributed by atoms with van der Waals surface area (Å²) >= 11 is 6.01. The molecule has 2 rings (SSSR count). The highest BCUT2D eigenvalue weighted by Crippen LogP contribution is 2.15. The van der Waals surface area contributed by atoms with Gasteiger partial charge in [-0.25, -0.2) is 0 Å². The minimum Gasteiger partial charge on any atom is -0.508 e. The Morgan fingerprint density at radius 2 is 1.80 bits per heavy atom. The summed E-state index contributed by atoms with van der Waals surface area (Å²) in [5, 5.41) is 12.7. The largest absolute Gasteiger partial charge is 0.508 e. The van der Waals surface area contributed by atoms with E-state index in [0.717, 1.165) is 17.5 Å². The fourth-order valence-electron chi connectivity index (χ4n) is 1.89. The maximum Gasteiger partial charge on any atom is 0.224 e. The highest BCUT2D eigenvalue weighted by molar-refractivity contribution is 6.31. The van der Waals surface area contributed by atoms with Crippen LogP contribution < -0.4 is 5.32 Å². The van der Waals surface area contributed by atoms with Gasteiger partial charge in [0.2, 0.25) is 5.91 Å². The van der Waals surface area contributed by atoms with E-state index in [1.165, 1.54) is 0 Å². The van der Waals surface area contributed by atoms with Gasteiger partial charge in [0, 0.05) is 11.6 Å². The Bertz CT molecular complexity index is 581. The fourth-order valence-corrected chi connectivity index (χ4v) is 2.09. The van der Waals surface area contributed by atoms with E-state index in [0.29, 0.717) is 11.6 Å². The maximum atomic E-state index is 11.8. The summed E-state index contributed by atoms with van der Waals surface area (Å²) in [6.07, 6.45) is 1.02. The molecule has 3 nitrogen and oxygen atoms in total. The Kier molecular flexibility index (Phi) is 5.02. The zero-order valence-corrected chi connectivity index (χ0v) is 11.7. The summed E-state index contributed by atoms with van der Waals surface area (Å²) in [6, 6.07) is 14.3. The van der Waals surface area contributed by atoms with Crippen LogP contribution in [-0.4, -0.2) is 17.6 Å². The van der Waals surface area contributed by atoms with Crippen molar-refractivity contribution in [1.82, 2.24) is 5.32 Å². The Labute approximate surface area is 123 Å². The van der Waals surface area contributed by atoms with E-state index in [-0.39, 0.29) is 18.1 Å². The van der Waals surface area contributed by atoms with Gasteiger partial charge in [0.1, 0.15) is 5.75 Å². The van der Waals surface area contributed by atoms with Crippen LogP contribution in [0.3, 0.4) is 0 Å². The molecule has 0 fully saturated rings. The van der Waals surface area contributed by atoms with E-state index in [1.807, 2.05) is 30.3 Å². The van der Waals surface area contributed by atoms with E-state index in [9.17, 15) is 9.90 Å². The lowest BCUT2D eigenvalue weighted by atomic mass is 10.1. The topological polar surface area (TPSA) is 49.3 Å². The average Bonchev–Trinajstić information content (AvgIpc) is 2.44. The van der Waals surface area contributed by atoms with Gasteiger partial charge in [-0.3, -0.25) is 4.79 Å². The normalized spacial score (nSPS) is 10.2. The number of halogens is 1. The van der Waals surface area contributed by atoms with Gasteiger partial charge in [-0.05, 0) is 35.7 Å². The lowest BCUT2D eigenvalue weighted by molar-refractivity contribution is -0.120. The number of hydrogen-bond donors (Lipinski definition) is 2. The molecule has 104 valence electrons. The van der Waals surface area contributed by atoms with Gasteiger partial charge in [0.25, 0.3) is 0 Å². The molecule has 0 radical (unpaired) electrons. The van der Waals surface area contributed by atoms with E-state index >= 15 is 0 Å². The maximum absolute atomic E-state index is 11.8. The number of benzene rings is 2. The van der Waals surface area contributed by atoms with Crippen LogP contribution in [0.1, 0.15) is 11.1 Å². The molecule has 2 N–H and O–H groups in total. The van der Waals surface area contributed by atoms with Crippen LogP contribution in [0, 0.1) is 0 Å². The van der Waals surface area contributed by atoms with Crippen molar-refractivity contribution < 1.29 is 9.90 Å². The summed E-state index contributed by atoms with van der Waals surface area (Å²) in [4.78, 5) is 11.8. The molecule has 20 heavy (non-hydrogen) atoms. The average molecular weight is 290 g/mol. The lowest BCUT2D eigenvalue weighted by Crippen LogP contribution is -2.27. The number of nitrogens with one attached hydrogen (secondary N) is 1. The number of hydrogen-bond acceptors (Lipinski definition) is 2. The van der Waals surface area contributed by atoms with Gasteiger partial charge >= 0.3 is 0 Å². The van der Waals surface area contributed by atoms with E-state index in [1.54, 1.807) is 18.2 Å². The van der Waals surface area contributed by atoms with E-state index < -0.39 is 0 Å². The second-order valence-corrected chi connectivity index (χ2v) is 4.94. The van der Waals surface area contributed by atoms with Crippen molar-refractivity contribution in [2.75, 3.05) is 6.54 Å². The van der Waals surface area contributed by atoms with Gasteiger partial charge in [-0.1, -0.05) is 41.9 Å². The van der Waals surface area contributed by atoms with Crippen LogP contribution in [0.2, 0.25) is 5.02 Å². The van der Waals surface area contributed by atoms with Gasteiger partial charge in [-0.2, -0.15) is 0 Å². The van der Waals surface area contributed by atoms with Crippen LogP contribution in [0.25, 0.3) is 0 Å². The molecule has 0 aliphatic carbocycles. The minimum absolute atomic E-state index is 0.0446. The summed E-state index contributed by atoms with van der Waals surface area (Å²) in [7, 11) is 0. The predicted octanol–water partition coefficient (Wildman–Crippen LogP) is 2.95. The van der Waals surface area contributed by atoms with Crippen molar-refractivity contribution in [3.8, 4) is 5.75 Å². The number of phenols is 1. The summed E-state index contributed by atoms with van der Waals surface area (Å²) in [6.45, 7) is 0.564. The molecule has 0 bridgehead atoms. The third kappa shape index (κ3) is 4.28. The summed E-state index contributed by atoms with van der Waals surface area (Å²) < 4.78 is 0. The van der Waals surface area contributed by atoms with Gasteiger partial charge in [0.15, 0.2) is 0 Å². The molecule has 0 aliphatic rings. The SMILES string of the molecule is O=C(Cc1ccccc1Cl)NCCc1ccc(O)cc1. The van der Waals surface area contributed by atoms with Gasteiger partial charge in [-0.15, -0.1) is 0 Å². The molecule has 2 aromatic rings. The molecule has 0 heterocycles. The van der Waals surface area contributed by atoms with Crippen LogP contribution >= 0.6 is 11.6 Å². The molecule has 2 aromatic carbocycles. The molecular formula is C16H16ClNO2. The van der Waals surface area contributed by atoms with Crippen molar-refractivity contribution in [2.45, 2.75) is 12.8 Å². The number of carbonyl (C=O) groups excluding carboxylic acids is 1. The van der Waals surface area contributed by atoms with E-state index in [2.05, 4.69) is 5.32 Å². The van der Waals surface area contributed by atoms with Gasteiger partial charge < -0.3 is 10.4 Å². The molecule has 1 amide bonds. The quantitative estimate of drug-likeness (QED) is 0.889. The number of phenolic OH excluding ortho intramolecular Hbond substituents is 1. The van der Waals surface area contributed by atoms with Crippen LogP contribution in [0.5, 0.6) is 5.75 Å². The molecular weight excluding hydrogens is 274 g/mol. The molecule has 0 aromatic heterocycles. The third-order valence-electron chi connectivity index (χ3n) is 2.98. The molecule has 0 saturated heterocycles. The Balaban J connectivity index is 1.78. The van der Waals surface area contributed by atoms with Crippen LogP contribution in [0.4, 0.5) is 0 Å². The monoisotopic (exact) mass is 289 g/mol. The van der Waals surface area contributed by atoms with Crippen molar-refractivity contribution in [1.29, 1.82) is 0 Å². The predicted molar refractivity (Wildman–Crippen MR) is 80.0 cm³/mol. The fraction of sp³-hybridized carbons (Fsp3) is 0.188. The number of aromatic hydroxyl groups is 1. The number of rotatable bonds is 5. The first-order chi connectivity index (χ1) is 9.65. The summed E-state index contributed by atoms with van der Waals surface area (Å²) in [5.74, 6) is 0.202. The Morgan fingerprint density at radius 1 is 1.10 bits per heavy atom. The number of carbonyl (C=O) groups is 1. The second-order valence-electron chi connectivity index (χ2n) is 4.53. The first kappa shape index (κ1) is 14.4. The molecule has 0 atom stereocenters. The molecule has 0 unspecified atom stereocenters. The highest BCUT2D eigenvalue weighted by Gasteiger charge is 2.05. The van der Waals surface area contributed by atoms with Crippen molar-refractivity contribution in [2.24, 2.45) is 0 Å². The molecule has 0 saturated carbocycles. The minimum atomic E-state index is -0.0446. The first-order valence-electron chi connectivity index (χ1n) is 6.43.